The van der Waals surface area contributed by atoms with Gasteiger partial charge in [0.1, 0.15) is 23.7 Å². The van der Waals surface area contributed by atoms with Crippen molar-refractivity contribution in [1.82, 2.24) is 4.98 Å². The molecule has 0 N–H and O–H groups in total. The molecule has 3 rings (SSSR count). The van der Waals surface area contributed by atoms with Crippen LogP contribution in [0.4, 0.5) is 4.39 Å². The maximum absolute atomic E-state index is 12.9. The molecule has 0 amide bonds. The highest BCUT2D eigenvalue weighted by Gasteiger charge is 2.16. The first-order chi connectivity index (χ1) is 13.0. The van der Waals surface area contributed by atoms with Crippen molar-refractivity contribution in [1.29, 1.82) is 0 Å². The van der Waals surface area contributed by atoms with Crippen molar-refractivity contribution in [3.8, 4) is 5.75 Å². The number of thiazole rings is 1. The average molecular weight is 385 g/mol. The molecule has 3 aromatic rings. The van der Waals surface area contributed by atoms with Crippen LogP contribution >= 0.6 is 11.3 Å². The first-order valence-corrected chi connectivity index (χ1v) is 8.99. The molecule has 138 valence electrons. The molecule has 0 radical (unpaired) electrons. The third kappa shape index (κ3) is 4.98. The lowest BCUT2D eigenvalue weighted by molar-refractivity contribution is 0.0470. The predicted molar refractivity (Wildman–Crippen MR) is 98.6 cm³/mol. The molecule has 2 aromatic carbocycles. The van der Waals surface area contributed by atoms with Gasteiger partial charge < -0.3 is 9.47 Å². The van der Waals surface area contributed by atoms with Gasteiger partial charge in [-0.15, -0.1) is 11.3 Å². The fourth-order valence-corrected chi connectivity index (χ4v) is 2.91. The van der Waals surface area contributed by atoms with Gasteiger partial charge in [-0.3, -0.25) is 4.79 Å². The number of rotatable bonds is 7. The number of nitrogens with zero attached hydrogens (tertiary/aromatic N) is 1. The minimum Gasteiger partial charge on any atom is -0.486 e. The molecular formula is C20H16FNO4S. The van der Waals surface area contributed by atoms with Gasteiger partial charge in [0.25, 0.3) is 0 Å². The predicted octanol–water partition coefficient (Wildman–Crippen LogP) is 4.21. The van der Waals surface area contributed by atoms with Crippen LogP contribution in [0.25, 0.3) is 0 Å². The van der Waals surface area contributed by atoms with E-state index in [0.29, 0.717) is 5.75 Å². The summed E-state index contributed by atoms with van der Waals surface area (Å²) >= 11 is 1.52. The van der Waals surface area contributed by atoms with Gasteiger partial charge in [0, 0.05) is 10.9 Å². The number of aryl methyl sites for hydroxylation is 1. The summed E-state index contributed by atoms with van der Waals surface area (Å²) < 4.78 is 23.7. The maximum atomic E-state index is 12.9. The number of ketones is 1. The largest absolute Gasteiger partial charge is 0.486 e. The number of carbonyl (C=O) groups excluding carboxylic acids is 2. The van der Waals surface area contributed by atoms with E-state index in [2.05, 4.69) is 4.98 Å². The lowest BCUT2D eigenvalue weighted by Gasteiger charge is -2.10. The number of Topliss-reactive ketones (excluding diaryl/α,β-unsaturated/α-hetero) is 1. The quantitative estimate of drug-likeness (QED) is 0.450. The summed E-state index contributed by atoms with van der Waals surface area (Å²) in [6.45, 7) is 1.69. The van der Waals surface area contributed by atoms with Crippen LogP contribution in [0.2, 0.25) is 0 Å². The fraction of sp³-hybridized carbons (Fsp3) is 0.150. The third-order valence-electron chi connectivity index (χ3n) is 3.65. The number of hydrogen-bond donors (Lipinski definition) is 0. The zero-order valence-electron chi connectivity index (χ0n) is 14.5. The average Bonchev–Trinajstić information content (AvgIpc) is 3.10. The van der Waals surface area contributed by atoms with E-state index in [1.54, 1.807) is 24.3 Å². The number of benzene rings is 2. The van der Waals surface area contributed by atoms with Crippen molar-refractivity contribution >= 4 is 23.1 Å². The lowest BCUT2D eigenvalue weighted by atomic mass is 10.1. The normalized spacial score (nSPS) is 10.4. The van der Waals surface area contributed by atoms with Crippen LogP contribution in [0.15, 0.2) is 53.9 Å². The Morgan fingerprint density at radius 1 is 1.11 bits per heavy atom. The molecule has 1 aromatic heterocycles. The highest BCUT2D eigenvalue weighted by molar-refractivity contribution is 7.09. The van der Waals surface area contributed by atoms with Crippen LogP contribution < -0.4 is 4.74 Å². The molecule has 0 aliphatic heterocycles. The molecule has 0 saturated heterocycles. The number of para-hydroxylation sites is 1. The summed E-state index contributed by atoms with van der Waals surface area (Å²) in [5.74, 6) is -1.18. The second-order valence-electron chi connectivity index (χ2n) is 5.65. The monoisotopic (exact) mass is 385 g/mol. The molecular weight excluding hydrogens is 369 g/mol. The molecule has 5 nitrogen and oxygen atoms in total. The number of ether oxygens (including phenoxy) is 2. The second-order valence-corrected chi connectivity index (χ2v) is 6.71. The molecule has 0 atom stereocenters. The molecule has 7 heteroatoms. The Morgan fingerprint density at radius 2 is 1.85 bits per heavy atom. The SMILES string of the molecule is Cc1nc(COc2ccccc2C(=O)OCC(=O)c2ccc(F)cc2)cs1. The van der Waals surface area contributed by atoms with Crippen molar-refractivity contribution in [3.05, 3.63) is 81.6 Å². The van der Waals surface area contributed by atoms with Gasteiger partial charge in [-0.1, -0.05) is 12.1 Å². The van der Waals surface area contributed by atoms with E-state index >= 15 is 0 Å². The highest BCUT2D eigenvalue weighted by atomic mass is 32.1. The summed E-state index contributed by atoms with van der Waals surface area (Å²) in [5.41, 5.74) is 1.26. The Hall–Kier alpha value is -3.06. The number of esters is 1. The van der Waals surface area contributed by atoms with Crippen LogP contribution in [0.3, 0.4) is 0 Å². The van der Waals surface area contributed by atoms with Gasteiger partial charge in [0.05, 0.1) is 10.7 Å². The number of hydrogen-bond acceptors (Lipinski definition) is 6. The first-order valence-electron chi connectivity index (χ1n) is 8.11. The van der Waals surface area contributed by atoms with Gasteiger partial charge in [-0.25, -0.2) is 14.2 Å². The topological polar surface area (TPSA) is 65.5 Å². The van der Waals surface area contributed by atoms with E-state index in [-0.39, 0.29) is 17.7 Å². The third-order valence-corrected chi connectivity index (χ3v) is 4.47. The summed E-state index contributed by atoms with van der Waals surface area (Å²) in [6.07, 6.45) is 0. The van der Waals surface area contributed by atoms with Crippen molar-refractivity contribution in [2.75, 3.05) is 6.61 Å². The van der Waals surface area contributed by atoms with Crippen molar-refractivity contribution in [2.24, 2.45) is 0 Å². The maximum Gasteiger partial charge on any atom is 0.342 e. The molecule has 1 heterocycles. The van der Waals surface area contributed by atoms with Gasteiger partial charge in [-0.05, 0) is 43.3 Å². The smallest absolute Gasteiger partial charge is 0.342 e. The number of aromatic nitrogens is 1. The van der Waals surface area contributed by atoms with Gasteiger partial charge in [0.2, 0.25) is 0 Å². The van der Waals surface area contributed by atoms with Crippen molar-refractivity contribution in [3.63, 3.8) is 0 Å². The van der Waals surface area contributed by atoms with E-state index in [4.69, 9.17) is 9.47 Å². The molecule has 0 spiro atoms. The van der Waals surface area contributed by atoms with E-state index < -0.39 is 24.2 Å². The molecule has 0 unspecified atom stereocenters. The summed E-state index contributed by atoms with van der Waals surface area (Å²) in [7, 11) is 0. The second kappa shape index (κ2) is 8.55. The molecule has 0 fully saturated rings. The molecule has 0 aliphatic carbocycles. The molecule has 0 aliphatic rings. The zero-order valence-corrected chi connectivity index (χ0v) is 15.3. The number of carbonyl (C=O) groups is 2. The van der Waals surface area contributed by atoms with Gasteiger partial charge >= 0.3 is 5.97 Å². The molecule has 27 heavy (non-hydrogen) atoms. The zero-order chi connectivity index (χ0) is 19.2. The van der Waals surface area contributed by atoms with Gasteiger partial charge in [-0.2, -0.15) is 0 Å². The Balaban J connectivity index is 1.62. The van der Waals surface area contributed by atoms with Crippen LogP contribution in [0.1, 0.15) is 31.4 Å². The minimum atomic E-state index is -0.671. The Labute approximate surface area is 159 Å². The first kappa shape index (κ1) is 18.7. The van der Waals surface area contributed by atoms with E-state index in [9.17, 15) is 14.0 Å². The van der Waals surface area contributed by atoms with Gasteiger partial charge in [0.15, 0.2) is 12.4 Å². The molecule has 0 bridgehead atoms. The lowest BCUT2D eigenvalue weighted by Crippen LogP contribution is -2.15. The van der Waals surface area contributed by atoms with E-state index in [1.807, 2.05) is 12.3 Å². The van der Waals surface area contributed by atoms with Crippen molar-refractivity contribution in [2.45, 2.75) is 13.5 Å². The van der Waals surface area contributed by atoms with E-state index in [1.165, 1.54) is 35.6 Å². The summed E-state index contributed by atoms with van der Waals surface area (Å²) in [4.78, 5) is 28.7. The molecule has 0 saturated carbocycles. The number of halogens is 1. The summed E-state index contributed by atoms with van der Waals surface area (Å²) in [6, 6.07) is 11.7. The minimum absolute atomic E-state index is 0.219. The standard InChI is InChI=1S/C20H16FNO4S/c1-13-22-16(12-27-13)10-25-19-5-3-2-4-17(19)20(24)26-11-18(23)14-6-8-15(21)9-7-14/h2-9,12H,10-11H2,1H3. The van der Waals surface area contributed by atoms with E-state index in [0.717, 1.165) is 10.7 Å². The Morgan fingerprint density at radius 3 is 2.56 bits per heavy atom. The Kier molecular flexibility index (Phi) is 5.93. The van der Waals surface area contributed by atoms with Crippen LogP contribution in [0.5, 0.6) is 5.75 Å². The van der Waals surface area contributed by atoms with Crippen LogP contribution in [-0.4, -0.2) is 23.3 Å². The fourth-order valence-electron chi connectivity index (χ4n) is 2.32. The van der Waals surface area contributed by atoms with Crippen LogP contribution in [-0.2, 0) is 11.3 Å². The summed E-state index contributed by atoms with van der Waals surface area (Å²) in [5, 5.41) is 2.82. The van der Waals surface area contributed by atoms with Crippen molar-refractivity contribution < 1.29 is 23.5 Å². The van der Waals surface area contributed by atoms with Crippen LogP contribution in [0, 0.1) is 12.7 Å². The Bertz CT molecular complexity index is 953. The highest BCUT2D eigenvalue weighted by Crippen LogP contribution is 2.21.